The summed E-state index contributed by atoms with van der Waals surface area (Å²) in [5.74, 6) is -0.220. The van der Waals surface area contributed by atoms with Crippen molar-refractivity contribution < 1.29 is 17.9 Å². The number of hydrogen-bond donors (Lipinski definition) is 1. The van der Waals surface area contributed by atoms with Crippen LogP contribution in [0.4, 0.5) is 13.2 Å². The highest BCUT2D eigenvalue weighted by Crippen LogP contribution is 2.39. The first-order chi connectivity index (χ1) is 7.04. The maximum Gasteiger partial charge on any atom is 0.422 e. The summed E-state index contributed by atoms with van der Waals surface area (Å²) in [6.45, 7) is 0. The highest BCUT2D eigenvalue weighted by Gasteiger charge is 2.37. The maximum atomic E-state index is 12.7. The van der Waals surface area contributed by atoms with Crippen molar-refractivity contribution in [3.63, 3.8) is 0 Å². The molecule has 15 heavy (non-hydrogen) atoms. The van der Waals surface area contributed by atoms with Crippen LogP contribution in [-0.2, 0) is 6.18 Å². The van der Waals surface area contributed by atoms with Crippen LogP contribution in [0, 0.1) is 0 Å². The fourth-order valence-electron chi connectivity index (χ4n) is 1.43. The molecule has 1 N–H and O–H groups in total. The number of hydrogen-bond acceptors (Lipinski definition) is 2. The Hall–Kier alpha value is -1.72. The molecule has 2 aromatic rings. The van der Waals surface area contributed by atoms with E-state index in [-0.39, 0.29) is 11.3 Å². The lowest BCUT2D eigenvalue weighted by Gasteiger charge is -2.11. The number of benzene rings is 1. The lowest BCUT2D eigenvalue weighted by Crippen LogP contribution is -2.08. The molecule has 0 radical (unpaired) electrons. The first-order valence-corrected chi connectivity index (χ1v) is 4.11. The molecule has 0 spiro atoms. The minimum atomic E-state index is -4.47. The molecule has 1 aromatic heterocycles. The van der Waals surface area contributed by atoms with Gasteiger partial charge in [0.1, 0.15) is 16.8 Å². The number of fused-ring (bicyclic) bond motifs is 1. The van der Waals surface area contributed by atoms with Crippen molar-refractivity contribution in [2.75, 3.05) is 7.11 Å². The number of ether oxygens (including phenoxy) is 1. The number of alkyl halides is 3. The summed E-state index contributed by atoms with van der Waals surface area (Å²) >= 11 is 0. The van der Waals surface area contributed by atoms with Crippen LogP contribution < -0.4 is 4.74 Å². The van der Waals surface area contributed by atoms with Crippen LogP contribution in [0.1, 0.15) is 5.56 Å². The number of imidazole rings is 1. The second-order valence-electron chi connectivity index (χ2n) is 2.94. The monoisotopic (exact) mass is 216 g/mol. The molecule has 1 aromatic carbocycles. The van der Waals surface area contributed by atoms with Gasteiger partial charge in [0.2, 0.25) is 0 Å². The molecule has 0 aliphatic carbocycles. The lowest BCUT2D eigenvalue weighted by molar-refractivity contribution is -0.137. The van der Waals surface area contributed by atoms with E-state index in [1.807, 2.05) is 0 Å². The van der Waals surface area contributed by atoms with E-state index in [1.165, 1.54) is 25.6 Å². The zero-order valence-electron chi connectivity index (χ0n) is 7.72. The van der Waals surface area contributed by atoms with Crippen LogP contribution in [-0.4, -0.2) is 17.1 Å². The number of aromatic nitrogens is 2. The Balaban J connectivity index is 2.80. The predicted octanol–water partition coefficient (Wildman–Crippen LogP) is 2.59. The van der Waals surface area contributed by atoms with E-state index in [1.54, 1.807) is 0 Å². The number of H-pyrrole nitrogens is 1. The molecule has 0 atom stereocenters. The van der Waals surface area contributed by atoms with Crippen molar-refractivity contribution in [3.05, 3.63) is 24.0 Å². The molecule has 80 valence electrons. The van der Waals surface area contributed by atoms with E-state index in [9.17, 15) is 13.2 Å². The molecule has 0 aliphatic rings. The third-order valence-corrected chi connectivity index (χ3v) is 2.06. The van der Waals surface area contributed by atoms with Crippen molar-refractivity contribution in [1.29, 1.82) is 0 Å². The maximum absolute atomic E-state index is 12.7. The van der Waals surface area contributed by atoms with E-state index < -0.39 is 11.7 Å². The topological polar surface area (TPSA) is 37.9 Å². The molecular formula is C9H7F3N2O. The molecule has 0 fully saturated rings. The molecular weight excluding hydrogens is 209 g/mol. The SMILES string of the molecule is COc1ccc2[nH]cnc2c1C(F)(F)F. The molecule has 0 saturated carbocycles. The molecule has 6 heteroatoms. The standard InChI is InChI=1S/C9H7F3N2O/c1-15-6-3-2-5-8(14-4-13-5)7(6)9(10,11)12/h2-4H,1H3,(H,13,14). The zero-order chi connectivity index (χ0) is 11.1. The van der Waals surface area contributed by atoms with Gasteiger partial charge in [-0.05, 0) is 12.1 Å². The second kappa shape index (κ2) is 3.15. The zero-order valence-corrected chi connectivity index (χ0v) is 7.72. The third kappa shape index (κ3) is 1.51. The van der Waals surface area contributed by atoms with Crippen molar-refractivity contribution in [2.45, 2.75) is 6.18 Å². The van der Waals surface area contributed by atoms with Gasteiger partial charge < -0.3 is 9.72 Å². The van der Waals surface area contributed by atoms with E-state index in [0.717, 1.165) is 0 Å². The van der Waals surface area contributed by atoms with Gasteiger partial charge in [0.15, 0.2) is 0 Å². The Morgan fingerprint density at radius 2 is 2.07 bits per heavy atom. The van der Waals surface area contributed by atoms with Gasteiger partial charge in [0.25, 0.3) is 0 Å². The molecule has 0 aliphatic heterocycles. The summed E-state index contributed by atoms with van der Waals surface area (Å²) in [6.07, 6.45) is -3.25. The van der Waals surface area contributed by atoms with Gasteiger partial charge in [0.05, 0.1) is 19.0 Å². The third-order valence-electron chi connectivity index (χ3n) is 2.06. The average Bonchev–Trinajstić information content (AvgIpc) is 2.61. The fraction of sp³-hybridized carbons (Fsp3) is 0.222. The molecule has 3 nitrogen and oxygen atoms in total. The average molecular weight is 216 g/mol. The van der Waals surface area contributed by atoms with Crippen LogP contribution >= 0.6 is 0 Å². The number of nitrogens with one attached hydrogen (secondary N) is 1. The largest absolute Gasteiger partial charge is 0.496 e. The Morgan fingerprint density at radius 1 is 1.33 bits per heavy atom. The number of methoxy groups -OCH3 is 1. The highest BCUT2D eigenvalue weighted by atomic mass is 19.4. The van der Waals surface area contributed by atoms with E-state index in [0.29, 0.717) is 5.52 Å². The van der Waals surface area contributed by atoms with Gasteiger partial charge in [-0.2, -0.15) is 13.2 Å². The first kappa shape index (κ1) is 9.82. The molecule has 0 unspecified atom stereocenters. The first-order valence-electron chi connectivity index (χ1n) is 4.11. The van der Waals surface area contributed by atoms with Gasteiger partial charge in [-0.3, -0.25) is 0 Å². The van der Waals surface area contributed by atoms with Gasteiger partial charge in [-0.1, -0.05) is 0 Å². The summed E-state index contributed by atoms with van der Waals surface area (Å²) in [7, 11) is 1.20. The van der Waals surface area contributed by atoms with E-state index >= 15 is 0 Å². The smallest absolute Gasteiger partial charge is 0.422 e. The minimum Gasteiger partial charge on any atom is -0.496 e. The van der Waals surface area contributed by atoms with Crippen molar-refractivity contribution in [1.82, 2.24) is 9.97 Å². The summed E-state index contributed by atoms with van der Waals surface area (Å²) in [5.41, 5.74) is -0.631. The summed E-state index contributed by atoms with van der Waals surface area (Å²) in [6, 6.07) is 2.76. The van der Waals surface area contributed by atoms with Crippen molar-refractivity contribution in [2.24, 2.45) is 0 Å². The number of rotatable bonds is 1. The lowest BCUT2D eigenvalue weighted by atomic mass is 10.1. The Labute approximate surface area is 82.9 Å². The number of halogens is 3. The van der Waals surface area contributed by atoms with Crippen molar-refractivity contribution >= 4 is 11.0 Å². The van der Waals surface area contributed by atoms with Crippen LogP contribution in [0.3, 0.4) is 0 Å². The predicted molar refractivity (Wildman–Crippen MR) is 47.6 cm³/mol. The molecule has 0 bridgehead atoms. The molecule has 2 rings (SSSR count). The van der Waals surface area contributed by atoms with Crippen LogP contribution in [0.25, 0.3) is 11.0 Å². The van der Waals surface area contributed by atoms with E-state index in [2.05, 4.69) is 14.7 Å². The van der Waals surface area contributed by atoms with Crippen LogP contribution in [0.2, 0.25) is 0 Å². The summed E-state index contributed by atoms with van der Waals surface area (Å²) in [5, 5.41) is 0. The van der Waals surface area contributed by atoms with Crippen molar-refractivity contribution in [3.8, 4) is 5.75 Å². The normalized spacial score (nSPS) is 12.0. The molecule has 1 heterocycles. The van der Waals surface area contributed by atoms with Gasteiger partial charge in [-0.15, -0.1) is 0 Å². The molecule has 0 amide bonds. The van der Waals surface area contributed by atoms with Crippen LogP contribution in [0.15, 0.2) is 18.5 Å². The Kier molecular flexibility index (Phi) is 2.06. The minimum absolute atomic E-state index is 0.123. The van der Waals surface area contributed by atoms with E-state index in [4.69, 9.17) is 0 Å². The van der Waals surface area contributed by atoms with Gasteiger partial charge >= 0.3 is 6.18 Å². The van der Waals surface area contributed by atoms with Gasteiger partial charge in [0, 0.05) is 0 Å². The number of aromatic amines is 1. The fourth-order valence-corrected chi connectivity index (χ4v) is 1.43. The van der Waals surface area contributed by atoms with Crippen LogP contribution in [0.5, 0.6) is 5.75 Å². The number of nitrogens with zero attached hydrogens (tertiary/aromatic N) is 1. The highest BCUT2D eigenvalue weighted by molar-refractivity contribution is 5.81. The summed E-state index contributed by atoms with van der Waals surface area (Å²) < 4.78 is 42.8. The van der Waals surface area contributed by atoms with Gasteiger partial charge in [-0.25, -0.2) is 4.98 Å². The molecule has 0 saturated heterocycles. The second-order valence-corrected chi connectivity index (χ2v) is 2.94. The Morgan fingerprint density at radius 3 is 2.67 bits per heavy atom. The quantitative estimate of drug-likeness (QED) is 0.795. The Bertz CT molecular complexity index is 490. The summed E-state index contributed by atoms with van der Waals surface area (Å²) in [4.78, 5) is 6.25.